The van der Waals surface area contributed by atoms with Crippen LogP contribution in [0.15, 0.2) is 23.6 Å². The lowest BCUT2D eigenvalue weighted by molar-refractivity contribution is -0.125. The minimum atomic E-state index is -0.450. The molecular weight excluding hydrogens is 230 g/mol. The van der Waals surface area contributed by atoms with E-state index in [9.17, 15) is 4.79 Å². The van der Waals surface area contributed by atoms with Crippen LogP contribution in [0.4, 0.5) is 0 Å². The number of halogens is 1. The van der Waals surface area contributed by atoms with Crippen LogP contribution in [0, 0.1) is 5.41 Å². The highest BCUT2D eigenvalue weighted by atomic mass is 35.5. The van der Waals surface area contributed by atoms with Crippen LogP contribution in [-0.4, -0.2) is 28.1 Å². The fourth-order valence-corrected chi connectivity index (χ4v) is 1.09. The van der Waals surface area contributed by atoms with Crippen LogP contribution in [0.3, 0.4) is 0 Å². The number of nitrogens with one attached hydrogen (secondary N) is 1. The number of hydrogen-bond acceptors (Lipinski definition) is 4. The van der Waals surface area contributed by atoms with Crippen molar-refractivity contribution in [3.05, 3.63) is 29.0 Å². The molecule has 0 aliphatic carbocycles. The zero-order chi connectivity index (χ0) is 12.1. The molecule has 0 aliphatic rings. The number of hydrogen-bond donors (Lipinski definition) is 2. The topological polar surface area (TPSA) is 95.4 Å². The van der Waals surface area contributed by atoms with Crippen molar-refractivity contribution >= 4 is 29.7 Å². The first-order valence-corrected chi connectivity index (χ1v) is 4.68. The predicted octanol–water partition coefficient (Wildman–Crippen LogP) is 0.811. The summed E-state index contributed by atoms with van der Waals surface area (Å²) in [6, 6.07) is 1.63. The standard InChI is InChI=1S/C9H10ClN5O/c1-6(16)15(9(11)12)14-4-7-2-3-13-5-8(7)10/h2-5H,1H3,(H3,11,12). The summed E-state index contributed by atoms with van der Waals surface area (Å²) in [7, 11) is 0. The summed E-state index contributed by atoms with van der Waals surface area (Å²) in [4.78, 5) is 14.8. The molecule has 1 aromatic rings. The number of aromatic nitrogens is 1. The first kappa shape index (κ1) is 12.1. The van der Waals surface area contributed by atoms with Gasteiger partial charge in [0.2, 0.25) is 11.9 Å². The SMILES string of the molecule is CC(=O)N(N=Cc1ccncc1Cl)C(=N)N. The summed E-state index contributed by atoms with van der Waals surface area (Å²) < 4.78 is 0. The van der Waals surface area contributed by atoms with Gasteiger partial charge in [0.1, 0.15) is 0 Å². The third-order valence-electron chi connectivity index (χ3n) is 1.64. The molecule has 0 saturated heterocycles. The van der Waals surface area contributed by atoms with E-state index in [2.05, 4.69) is 10.1 Å². The van der Waals surface area contributed by atoms with Crippen molar-refractivity contribution in [1.82, 2.24) is 9.99 Å². The van der Waals surface area contributed by atoms with Crippen molar-refractivity contribution in [2.75, 3.05) is 0 Å². The molecule has 16 heavy (non-hydrogen) atoms. The minimum absolute atomic E-state index is 0.401. The molecule has 6 nitrogen and oxygen atoms in total. The molecule has 84 valence electrons. The maximum Gasteiger partial charge on any atom is 0.246 e. The maximum absolute atomic E-state index is 11.0. The highest BCUT2D eigenvalue weighted by Crippen LogP contribution is 2.10. The molecule has 0 unspecified atom stereocenters. The van der Waals surface area contributed by atoms with E-state index < -0.39 is 11.9 Å². The molecule has 1 rings (SSSR count). The number of pyridine rings is 1. The van der Waals surface area contributed by atoms with Gasteiger partial charge in [0.25, 0.3) is 0 Å². The van der Waals surface area contributed by atoms with Crippen molar-refractivity contribution in [3.8, 4) is 0 Å². The van der Waals surface area contributed by atoms with Crippen LogP contribution in [0.25, 0.3) is 0 Å². The van der Waals surface area contributed by atoms with E-state index >= 15 is 0 Å². The Morgan fingerprint density at radius 3 is 2.94 bits per heavy atom. The largest absolute Gasteiger partial charge is 0.368 e. The average molecular weight is 240 g/mol. The zero-order valence-electron chi connectivity index (χ0n) is 8.51. The second-order valence-corrected chi connectivity index (χ2v) is 3.27. The lowest BCUT2D eigenvalue weighted by Crippen LogP contribution is -2.35. The van der Waals surface area contributed by atoms with Gasteiger partial charge in [-0.25, -0.2) is 0 Å². The number of hydrazone groups is 1. The Balaban J connectivity index is 2.91. The first-order valence-electron chi connectivity index (χ1n) is 4.30. The molecule has 0 radical (unpaired) electrons. The van der Waals surface area contributed by atoms with Gasteiger partial charge in [0.15, 0.2) is 0 Å². The van der Waals surface area contributed by atoms with Crippen molar-refractivity contribution < 1.29 is 4.79 Å². The monoisotopic (exact) mass is 239 g/mol. The molecule has 7 heteroatoms. The highest BCUT2D eigenvalue weighted by molar-refractivity contribution is 6.32. The Kier molecular flexibility index (Phi) is 3.96. The fourth-order valence-electron chi connectivity index (χ4n) is 0.924. The minimum Gasteiger partial charge on any atom is -0.368 e. The fraction of sp³-hybridized carbons (Fsp3) is 0.111. The second kappa shape index (κ2) is 5.22. The van der Waals surface area contributed by atoms with Gasteiger partial charge in [-0.3, -0.25) is 15.2 Å². The summed E-state index contributed by atoms with van der Waals surface area (Å²) in [5, 5.41) is 12.0. The number of carbonyl (C=O) groups is 1. The Hall–Kier alpha value is -1.95. The summed E-state index contributed by atoms with van der Waals surface area (Å²) in [6.45, 7) is 1.26. The van der Waals surface area contributed by atoms with E-state index in [0.717, 1.165) is 5.01 Å². The average Bonchev–Trinajstić information content (AvgIpc) is 2.20. The van der Waals surface area contributed by atoms with Gasteiger partial charge in [0, 0.05) is 24.9 Å². The lowest BCUT2D eigenvalue weighted by Gasteiger charge is -2.11. The van der Waals surface area contributed by atoms with Crippen LogP contribution in [0.2, 0.25) is 5.02 Å². The lowest BCUT2D eigenvalue weighted by atomic mass is 10.3. The number of nitrogens with zero attached hydrogens (tertiary/aromatic N) is 3. The van der Waals surface area contributed by atoms with Gasteiger partial charge in [-0.2, -0.15) is 10.1 Å². The quantitative estimate of drug-likeness (QED) is 0.454. The maximum atomic E-state index is 11.0. The van der Waals surface area contributed by atoms with Gasteiger partial charge < -0.3 is 5.73 Å². The zero-order valence-corrected chi connectivity index (χ0v) is 9.27. The van der Waals surface area contributed by atoms with E-state index in [0.29, 0.717) is 10.6 Å². The van der Waals surface area contributed by atoms with E-state index in [1.807, 2.05) is 0 Å². The summed E-state index contributed by atoms with van der Waals surface area (Å²) in [6.07, 6.45) is 4.33. The molecule has 0 spiro atoms. The van der Waals surface area contributed by atoms with Crippen LogP contribution in [-0.2, 0) is 4.79 Å². The van der Waals surface area contributed by atoms with E-state index in [1.165, 1.54) is 19.3 Å². The smallest absolute Gasteiger partial charge is 0.246 e. The number of nitrogens with two attached hydrogens (primary N) is 1. The summed E-state index contributed by atoms with van der Waals surface area (Å²) in [5.74, 6) is -0.900. The van der Waals surface area contributed by atoms with Gasteiger partial charge in [-0.1, -0.05) is 11.6 Å². The molecule has 1 heterocycles. The molecule has 0 fully saturated rings. The van der Waals surface area contributed by atoms with E-state index in [-0.39, 0.29) is 0 Å². The number of guanidine groups is 1. The third-order valence-corrected chi connectivity index (χ3v) is 1.96. The Labute approximate surface area is 97.2 Å². The van der Waals surface area contributed by atoms with Crippen molar-refractivity contribution in [2.24, 2.45) is 10.8 Å². The molecule has 3 N–H and O–H groups in total. The highest BCUT2D eigenvalue weighted by Gasteiger charge is 2.09. The van der Waals surface area contributed by atoms with E-state index in [4.69, 9.17) is 22.7 Å². The summed E-state index contributed by atoms with van der Waals surface area (Å²) >= 11 is 5.82. The first-order chi connectivity index (χ1) is 7.52. The van der Waals surface area contributed by atoms with Crippen molar-refractivity contribution in [3.63, 3.8) is 0 Å². The van der Waals surface area contributed by atoms with Crippen LogP contribution in [0.5, 0.6) is 0 Å². The number of carbonyl (C=O) groups excluding carboxylic acids is 1. The molecular formula is C9H10ClN5O. The van der Waals surface area contributed by atoms with Crippen LogP contribution < -0.4 is 5.73 Å². The van der Waals surface area contributed by atoms with Crippen molar-refractivity contribution in [1.29, 1.82) is 5.41 Å². The molecule has 0 aromatic carbocycles. The van der Waals surface area contributed by atoms with Gasteiger partial charge in [-0.05, 0) is 6.07 Å². The van der Waals surface area contributed by atoms with Crippen LogP contribution >= 0.6 is 11.6 Å². The third kappa shape index (κ3) is 3.03. The molecule has 0 saturated carbocycles. The molecule has 0 aliphatic heterocycles. The number of amides is 1. The van der Waals surface area contributed by atoms with E-state index in [1.54, 1.807) is 12.3 Å². The van der Waals surface area contributed by atoms with Gasteiger partial charge in [0.05, 0.1) is 11.2 Å². The number of rotatable bonds is 2. The van der Waals surface area contributed by atoms with Crippen molar-refractivity contribution in [2.45, 2.75) is 6.92 Å². The normalized spacial score (nSPS) is 10.4. The predicted molar refractivity (Wildman–Crippen MR) is 61.3 cm³/mol. The van der Waals surface area contributed by atoms with Gasteiger partial charge >= 0.3 is 0 Å². The molecule has 0 bridgehead atoms. The Morgan fingerprint density at radius 1 is 1.75 bits per heavy atom. The molecule has 1 amide bonds. The van der Waals surface area contributed by atoms with Gasteiger partial charge in [-0.15, -0.1) is 0 Å². The Bertz CT molecular complexity index is 431. The molecule has 0 atom stereocenters. The van der Waals surface area contributed by atoms with Crippen LogP contribution in [0.1, 0.15) is 12.5 Å². The Morgan fingerprint density at radius 2 is 2.44 bits per heavy atom. The molecule has 1 aromatic heterocycles. The summed E-state index contributed by atoms with van der Waals surface area (Å²) in [5.41, 5.74) is 5.76. The second-order valence-electron chi connectivity index (χ2n) is 2.86.